The highest BCUT2D eigenvalue weighted by Gasteiger charge is 2.06. The molecule has 1 heterocycles. The number of halogens is 1. The van der Waals surface area contributed by atoms with Crippen LogP contribution < -0.4 is 28.5 Å². The van der Waals surface area contributed by atoms with E-state index in [0.29, 0.717) is 0 Å². The third-order valence-electron chi connectivity index (χ3n) is 3.53. The zero-order valence-corrected chi connectivity index (χ0v) is 14.2. The number of benzene rings is 2. The Morgan fingerprint density at radius 1 is 0.909 bits per heavy atom. The quantitative estimate of drug-likeness (QED) is 0.365. The van der Waals surface area contributed by atoms with Crippen molar-refractivity contribution in [3.05, 3.63) is 65.9 Å². The number of para-hydroxylation sites is 1. The van der Waals surface area contributed by atoms with Gasteiger partial charge in [0.2, 0.25) is 5.52 Å². The van der Waals surface area contributed by atoms with Gasteiger partial charge in [0.1, 0.15) is 7.05 Å². The number of fused-ring (bicyclic) bond motifs is 1. The Morgan fingerprint density at radius 2 is 1.68 bits per heavy atom. The standard InChI is InChI=1S/C18H15NO2.HI/c1-19-11-10-14(15-4-2-3-5-16(15)19)8-6-13-7-9-17(20)18(21)12-13;/h2-12,21H,1H3;1H. The summed E-state index contributed by atoms with van der Waals surface area (Å²) in [5, 5.41) is 20.0. The molecule has 3 aromatic rings. The van der Waals surface area contributed by atoms with Gasteiger partial charge in [0, 0.05) is 12.1 Å². The molecule has 3 rings (SSSR count). The van der Waals surface area contributed by atoms with Gasteiger partial charge in [-0.2, -0.15) is 0 Å². The summed E-state index contributed by atoms with van der Waals surface area (Å²) in [5.74, 6) is -0.217. The number of aromatic hydroxyl groups is 2. The van der Waals surface area contributed by atoms with Crippen LogP contribution in [-0.4, -0.2) is 10.2 Å². The van der Waals surface area contributed by atoms with Crippen molar-refractivity contribution in [2.75, 3.05) is 0 Å². The van der Waals surface area contributed by atoms with Gasteiger partial charge in [-0.15, -0.1) is 0 Å². The van der Waals surface area contributed by atoms with Gasteiger partial charge < -0.3 is 34.2 Å². The van der Waals surface area contributed by atoms with E-state index in [-0.39, 0.29) is 35.5 Å². The fraction of sp³-hybridized carbons (Fsp3) is 0.0556. The zero-order valence-electron chi connectivity index (χ0n) is 12.1. The van der Waals surface area contributed by atoms with Crippen molar-refractivity contribution in [1.82, 2.24) is 0 Å². The molecule has 0 spiro atoms. The van der Waals surface area contributed by atoms with Gasteiger partial charge in [-0.3, -0.25) is 0 Å². The van der Waals surface area contributed by atoms with Gasteiger partial charge in [-0.05, 0) is 29.3 Å². The molecule has 112 valence electrons. The highest BCUT2D eigenvalue weighted by Crippen LogP contribution is 2.26. The van der Waals surface area contributed by atoms with Crippen molar-refractivity contribution in [2.24, 2.45) is 7.05 Å². The first-order chi connectivity index (χ1) is 10.1. The summed E-state index contributed by atoms with van der Waals surface area (Å²) < 4.78 is 2.08. The Kier molecular flexibility index (Phi) is 5.03. The minimum absolute atomic E-state index is 0. The molecule has 4 heteroatoms. The first-order valence-electron chi connectivity index (χ1n) is 6.72. The van der Waals surface area contributed by atoms with Gasteiger partial charge in [-0.1, -0.05) is 30.4 Å². The molecule has 0 radical (unpaired) electrons. The predicted molar refractivity (Wildman–Crippen MR) is 83.8 cm³/mol. The molecular formula is C18H16INO2. The summed E-state index contributed by atoms with van der Waals surface area (Å²) in [6, 6.07) is 15.0. The van der Waals surface area contributed by atoms with E-state index in [1.165, 1.54) is 17.5 Å². The van der Waals surface area contributed by atoms with Crippen LogP contribution in [0.3, 0.4) is 0 Å². The minimum atomic E-state index is -0.110. The molecule has 0 amide bonds. The SMILES string of the molecule is C[n+]1ccc(/C=C/c2ccc(O)c(O)c2)c2ccccc21.[I-]. The van der Waals surface area contributed by atoms with Crippen molar-refractivity contribution >= 4 is 23.1 Å². The number of aromatic nitrogens is 1. The van der Waals surface area contributed by atoms with Crippen LogP contribution in [-0.2, 0) is 7.05 Å². The summed E-state index contributed by atoms with van der Waals surface area (Å²) in [5.41, 5.74) is 3.10. The lowest BCUT2D eigenvalue weighted by molar-refractivity contribution is -0.644. The van der Waals surface area contributed by atoms with Gasteiger partial charge in [0.15, 0.2) is 17.7 Å². The van der Waals surface area contributed by atoms with E-state index in [1.54, 1.807) is 6.07 Å². The van der Waals surface area contributed by atoms with Gasteiger partial charge in [-0.25, -0.2) is 4.57 Å². The molecule has 0 saturated carbocycles. The summed E-state index contributed by atoms with van der Waals surface area (Å²) in [6.45, 7) is 0. The fourth-order valence-corrected chi connectivity index (χ4v) is 2.36. The van der Waals surface area contributed by atoms with Crippen molar-refractivity contribution in [2.45, 2.75) is 0 Å². The largest absolute Gasteiger partial charge is 1.00 e. The van der Waals surface area contributed by atoms with Crippen LogP contribution in [0, 0.1) is 0 Å². The van der Waals surface area contributed by atoms with Crippen LogP contribution in [0.1, 0.15) is 11.1 Å². The second-order valence-electron chi connectivity index (χ2n) is 4.98. The molecule has 0 aliphatic carbocycles. The number of nitrogens with zero attached hydrogens (tertiary/aromatic N) is 1. The smallest absolute Gasteiger partial charge is 0.212 e. The van der Waals surface area contributed by atoms with Crippen LogP contribution in [0.2, 0.25) is 0 Å². The summed E-state index contributed by atoms with van der Waals surface area (Å²) in [4.78, 5) is 0. The molecule has 0 saturated heterocycles. The van der Waals surface area contributed by atoms with Gasteiger partial charge in [0.25, 0.3) is 0 Å². The molecule has 0 atom stereocenters. The third-order valence-corrected chi connectivity index (χ3v) is 3.53. The Balaban J connectivity index is 0.00000176. The average molecular weight is 405 g/mol. The maximum atomic E-state index is 9.52. The fourth-order valence-electron chi connectivity index (χ4n) is 2.36. The predicted octanol–water partition coefficient (Wildman–Crippen LogP) is 0.250. The Labute approximate surface area is 146 Å². The molecule has 22 heavy (non-hydrogen) atoms. The molecular weight excluding hydrogens is 389 g/mol. The molecule has 2 aromatic carbocycles. The average Bonchev–Trinajstić information content (AvgIpc) is 2.50. The minimum Gasteiger partial charge on any atom is -1.00 e. The molecule has 0 aliphatic heterocycles. The van der Waals surface area contributed by atoms with Crippen molar-refractivity contribution in [3.8, 4) is 11.5 Å². The maximum Gasteiger partial charge on any atom is 0.212 e. The number of hydrogen-bond donors (Lipinski definition) is 2. The topological polar surface area (TPSA) is 44.3 Å². The van der Waals surface area contributed by atoms with Crippen molar-refractivity contribution in [1.29, 1.82) is 0 Å². The van der Waals surface area contributed by atoms with Gasteiger partial charge in [0.05, 0.1) is 5.39 Å². The van der Waals surface area contributed by atoms with E-state index in [0.717, 1.165) is 16.6 Å². The van der Waals surface area contributed by atoms with E-state index >= 15 is 0 Å². The highest BCUT2D eigenvalue weighted by atomic mass is 127. The Bertz CT molecular complexity index is 844. The van der Waals surface area contributed by atoms with Crippen LogP contribution >= 0.6 is 0 Å². The number of pyridine rings is 1. The van der Waals surface area contributed by atoms with Crippen LogP contribution in [0.4, 0.5) is 0 Å². The number of phenolic OH excluding ortho intramolecular Hbond substituents is 2. The summed E-state index contributed by atoms with van der Waals surface area (Å²) >= 11 is 0. The molecule has 3 nitrogen and oxygen atoms in total. The monoisotopic (exact) mass is 405 g/mol. The van der Waals surface area contributed by atoms with E-state index in [2.05, 4.69) is 22.8 Å². The van der Waals surface area contributed by atoms with E-state index in [1.807, 2.05) is 37.5 Å². The molecule has 2 N–H and O–H groups in total. The lowest BCUT2D eigenvalue weighted by atomic mass is 10.1. The second kappa shape index (κ2) is 6.79. The molecule has 1 aromatic heterocycles. The Hall–Kier alpha value is -2.08. The third kappa shape index (κ3) is 3.22. The van der Waals surface area contributed by atoms with E-state index in [4.69, 9.17) is 0 Å². The maximum absolute atomic E-state index is 9.52. The molecule has 0 bridgehead atoms. The van der Waals surface area contributed by atoms with Crippen molar-refractivity contribution < 1.29 is 38.8 Å². The zero-order chi connectivity index (χ0) is 14.8. The van der Waals surface area contributed by atoms with E-state index < -0.39 is 0 Å². The molecule has 0 aliphatic rings. The lowest BCUT2D eigenvalue weighted by Gasteiger charge is -2.01. The number of rotatable bonds is 2. The normalized spacial score (nSPS) is 10.8. The summed E-state index contributed by atoms with van der Waals surface area (Å²) in [7, 11) is 2.02. The van der Waals surface area contributed by atoms with E-state index in [9.17, 15) is 10.2 Å². The Morgan fingerprint density at radius 3 is 2.45 bits per heavy atom. The molecule has 0 unspecified atom stereocenters. The van der Waals surface area contributed by atoms with Crippen LogP contribution in [0.15, 0.2) is 54.7 Å². The number of hydrogen-bond acceptors (Lipinski definition) is 2. The highest BCUT2D eigenvalue weighted by molar-refractivity contribution is 5.88. The van der Waals surface area contributed by atoms with Crippen LogP contribution in [0.25, 0.3) is 23.1 Å². The first kappa shape index (κ1) is 16.3. The number of aryl methyl sites for hydroxylation is 1. The lowest BCUT2D eigenvalue weighted by Crippen LogP contribution is -3.00. The molecule has 0 fully saturated rings. The van der Waals surface area contributed by atoms with Gasteiger partial charge >= 0.3 is 0 Å². The van der Waals surface area contributed by atoms with Crippen LogP contribution in [0.5, 0.6) is 11.5 Å². The number of phenols is 2. The second-order valence-corrected chi connectivity index (χ2v) is 4.98. The van der Waals surface area contributed by atoms with Crippen molar-refractivity contribution in [3.63, 3.8) is 0 Å². The first-order valence-corrected chi connectivity index (χ1v) is 6.72. The summed E-state index contributed by atoms with van der Waals surface area (Å²) in [6.07, 6.45) is 5.95.